The zero-order valence-electron chi connectivity index (χ0n) is 12.2. The van der Waals surface area contributed by atoms with Gasteiger partial charge in [0.25, 0.3) is 0 Å². The van der Waals surface area contributed by atoms with Gasteiger partial charge in [0, 0.05) is 19.5 Å². The lowest BCUT2D eigenvalue weighted by molar-refractivity contribution is -0.121. The number of imidazole rings is 1. The van der Waals surface area contributed by atoms with E-state index >= 15 is 0 Å². The number of esters is 1. The third kappa shape index (κ3) is 3.97. The smallest absolute Gasteiger partial charge is 0.360 e. The van der Waals surface area contributed by atoms with Crippen molar-refractivity contribution in [2.45, 2.75) is 40.2 Å². The van der Waals surface area contributed by atoms with E-state index in [0.29, 0.717) is 25.3 Å². The molecule has 0 saturated heterocycles. The molecular weight excluding hydrogens is 260 g/mol. The van der Waals surface area contributed by atoms with E-state index in [4.69, 9.17) is 10.5 Å². The van der Waals surface area contributed by atoms with Crippen LogP contribution >= 0.6 is 0 Å². The molecule has 3 N–H and O–H groups in total. The van der Waals surface area contributed by atoms with E-state index in [9.17, 15) is 9.59 Å². The largest absolute Gasteiger partial charge is 0.461 e. The second kappa shape index (κ2) is 7.52. The van der Waals surface area contributed by atoms with E-state index in [1.54, 1.807) is 18.4 Å². The first kappa shape index (κ1) is 16.0. The number of nitrogen functional groups attached to an aromatic ring is 1. The van der Waals surface area contributed by atoms with E-state index in [2.05, 4.69) is 10.3 Å². The number of aryl methyl sites for hydroxylation is 1. The number of hydrogen-bond acceptors (Lipinski definition) is 5. The molecule has 0 radical (unpaired) electrons. The molecule has 0 aromatic carbocycles. The fourth-order valence-electron chi connectivity index (χ4n) is 1.78. The van der Waals surface area contributed by atoms with Gasteiger partial charge in [-0.1, -0.05) is 6.92 Å². The van der Waals surface area contributed by atoms with Crippen LogP contribution in [0.2, 0.25) is 0 Å². The van der Waals surface area contributed by atoms with Crippen molar-refractivity contribution in [1.82, 2.24) is 14.9 Å². The molecule has 112 valence electrons. The number of carbonyl (C=O) groups is 2. The average Bonchev–Trinajstić information content (AvgIpc) is 2.70. The van der Waals surface area contributed by atoms with Crippen molar-refractivity contribution in [1.29, 1.82) is 0 Å². The molecule has 7 heteroatoms. The third-order valence-corrected chi connectivity index (χ3v) is 2.80. The number of nitrogens with one attached hydrogen (secondary N) is 1. The minimum absolute atomic E-state index is 0.0444. The van der Waals surface area contributed by atoms with Gasteiger partial charge in [-0.3, -0.25) is 4.79 Å². The zero-order chi connectivity index (χ0) is 15.1. The van der Waals surface area contributed by atoms with Crippen LogP contribution in [-0.2, 0) is 16.1 Å². The Labute approximate surface area is 118 Å². The summed E-state index contributed by atoms with van der Waals surface area (Å²) in [5, 5.41) is 2.79. The Hall–Kier alpha value is -2.05. The predicted octanol–water partition coefficient (Wildman–Crippen LogP) is 0.867. The Morgan fingerprint density at radius 3 is 2.70 bits per heavy atom. The van der Waals surface area contributed by atoms with Gasteiger partial charge in [-0.05, 0) is 20.3 Å². The summed E-state index contributed by atoms with van der Waals surface area (Å²) in [6, 6.07) is 0. The quantitative estimate of drug-likeness (QED) is 0.723. The summed E-state index contributed by atoms with van der Waals surface area (Å²) in [5.74, 6) is 0.248. The highest BCUT2D eigenvalue weighted by molar-refractivity contribution is 5.92. The topological polar surface area (TPSA) is 99.2 Å². The van der Waals surface area contributed by atoms with Crippen LogP contribution in [0.1, 0.15) is 43.0 Å². The van der Waals surface area contributed by atoms with E-state index in [1.807, 2.05) is 6.92 Å². The average molecular weight is 282 g/mol. The SMILES string of the molecule is CCCNC(=O)CCn1c(C)nc(C(=O)OCC)c1N. The zero-order valence-corrected chi connectivity index (χ0v) is 12.2. The maximum absolute atomic E-state index is 11.7. The molecule has 1 rings (SSSR count). The van der Waals surface area contributed by atoms with Gasteiger partial charge in [-0.2, -0.15) is 0 Å². The molecule has 1 aromatic heterocycles. The summed E-state index contributed by atoms with van der Waals surface area (Å²) in [6.45, 7) is 6.76. The standard InChI is InChI=1S/C13H22N4O3/c1-4-7-15-10(18)6-8-17-9(3)16-11(12(17)14)13(19)20-5-2/h4-8,14H2,1-3H3,(H,15,18). The molecule has 0 atom stereocenters. The molecule has 7 nitrogen and oxygen atoms in total. The Kier molecular flexibility index (Phi) is 6.02. The molecule has 0 spiro atoms. The summed E-state index contributed by atoms with van der Waals surface area (Å²) in [5.41, 5.74) is 6.00. The van der Waals surface area contributed by atoms with Crippen LogP contribution in [0.3, 0.4) is 0 Å². The van der Waals surface area contributed by atoms with E-state index in [0.717, 1.165) is 6.42 Å². The molecule has 0 unspecified atom stereocenters. The molecule has 0 aliphatic heterocycles. The maximum atomic E-state index is 11.7. The highest BCUT2D eigenvalue weighted by atomic mass is 16.5. The summed E-state index contributed by atoms with van der Waals surface area (Å²) < 4.78 is 6.53. The molecule has 1 aromatic rings. The molecular formula is C13H22N4O3. The predicted molar refractivity (Wildman–Crippen MR) is 75.3 cm³/mol. The Morgan fingerprint density at radius 1 is 1.40 bits per heavy atom. The summed E-state index contributed by atoms with van der Waals surface area (Å²) in [4.78, 5) is 27.3. The van der Waals surface area contributed by atoms with Gasteiger partial charge in [0.15, 0.2) is 5.69 Å². The van der Waals surface area contributed by atoms with Crippen molar-refractivity contribution in [3.63, 3.8) is 0 Å². The minimum Gasteiger partial charge on any atom is -0.461 e. The second-order valence-corrected chi connectivity index (χ2v) is 4.36. The monoisotopic (exact) mass is 282 g/mol. The number of amides is 1. The van der Waals surface area contributed by atoms with Gasteiger partial charge in [-0.25, -0.2) is 9.78 Å². The minimum atomic E-state index is -0.540. The van der Waals surface area contributed by atoms with Crippen LogP contribution in [0.5, 0.6) is 0 Å². The number of hydrogen-bond donors (Lipinski definition) is 2. The Balaban J connectivity index is 2.71. The fourth-order valence-corrected chi connectivity index (χ4v) is 1.78. The Bertz CT molecular complexity index is 482. The van der Waals surface area contributed by atoms with Crippen LogP contribution < -0.4 is 11.1 Å². The van der Waals surface area contributed by atoms with Gasteiger partial charge in [0.05, 0.1) is 6.61 Å². The van der Waals surface area contributed by atoms with Crippen molar-refractivity contribution < 1.29 is 14.3 Å². The second-order valence-electron chi connectivity index (χ2n) is 4.36. The molecule has 0 fully saturated rings. The molecule has 0 aliphatic carbocycles. The van der Waals surface area contributed by atoms with Crippen molar-refractivity contribution in [2.75, 3.05) is 18.9 Å². The number of nitrogens with two attached hydrogens (primary N) is 1. The van der Waals surface area contributed by atoms with E-state index in [1.165, 1.54) is 0 Å². The Morgan fingerprint density at radius 2 is 2.10 bits per heavy atom. The number of carbonyl (C=O) groups excluding carboxylic acids is 2. The van der Waals surface area contributed by atoms with Crippen LogP contribution in [-0.4, -0.2) is 34.6 Å². The van der Waals surface area contributed by atoms with Crippen LogP contribution in [0.15, 0.2) is 0 Å². The van der Waals surface area contributed by atoms with Gasteiger partial charge in [0.1, 0.15) is 11.6 Å². The van der Waals surface area contributed by atoms with Gasteiger partial charge in [-0.15, -0.1) is 0 Å². The summed E-state index contributed by atoms with van der Waals surface area (Å²) >= 11 is 0. The van der Waals surface area contributed by atoms with Crippen LogP contribution in [0.4, 0.5) is 5.82 Å². The lowest BCUT2D eigenvalue weighted by Crippen LogP contribution is -2.25. The normalized spacial score (nSPS) is 10.3. The summed E-state index contributed by atoms with van der Waals surface area (Å²) in [7, 11) is 0. The maximum Gasteiger partial charge on any atom is 0.360 e. The fraction of sp³-hybridized carbons (Fsp3) is 0.615. The molecule has 0 aliphatic rings. The molecule has 1 amide bonds. The lowest BCUT2D eigenvalue weighted by Gasteiger charge is -2.08. The molecule has 0 saturated carbocycles. The van der Waals surface area contributed by atoms with Crippen molar-refractivity contribution >= 4 is 17.7 Å². The first-order valence-electron chi connectivity index (χ1n) is 6.77. The number of ether oxygens (including phenoxy) is 1. The van der Waals surface area contributed by atoms with Crippen molar-refractivity contribution in [2.24, 2.45) is 0 Å². The van der Waals surface area contributed by atoms with Crippen LogP contribution in [0.25, 0.3) is 0 Å². The molecule has 20 heavy (non-hydrogen) atoms. The lowest BCUT2D eigenvalue weighted by atomic mass is 10.3. The number of nitrogens with zero attached hydrogens (tertiary/aromatic N) is 2. The third-order valence-electron chi connectivity index (χ3n) is 2.80. The first-order valence-corrected chi connectivity index (χ1v) is 6.77. The first-order chi connectivity index (χ1) is 9.51. The van der Waals surface area contributed by atoms with Crippen molar-refractivity contribution in [3.05, 3.63) is 11.5 Å². The van der Waals surface area contributed by atoms with Crippen molar-refractivity contribution in [3.8, 4) is 0 Å². The van der Waals surface area contributed by atoms with Gasteiger partial charge in [0.2, 0.25) is 5.91 Å². The van der Waals surface area contributed by atoms with E-state index in [-0.39, 0.29) is 24.0 Å². The number of anilines is 1. The number of aromatic nitrogens is 2. The molecule has 0 bridgehead atoms. The molecule has 1 heterocycles. The highest BCUT2D eigenvalue weighted by Crippen LogP contribution is 2.15. The van der Waals surface area contributed by atoms with Crippen LogP contribution in [0, 0.1) is 6.92 Å². The summed E-state index contributed by atoms with van der Waals surface area (Å²) in [6.07, 6.45) is 1.19. The highest BCUT2D eigenvalue weighted by Gasteiger charge is 2.19. The number of rotatable bonds is 7. The van der Waals surface area contributed by atoms with Gasteiger partial charge < -0.3 is 20.4 Å². The van der Waals surface area contributed by atoms with Gasteiger partial charge >= 0.3 is 5.97 Å². The van der Waals surface area contributed by atoms with E-state index < -0.39 is 5.97 Å².